The Kier molecular flexibility index (Phi) is 4.73. The van der Waals surface area contributed by atoms with Gasteiger partial charge in [-0.05, 0) is 41.7 Å². The molecule has 0 radical (unpaired) electrons. The van der Waals surface area contributed by atoms with Crippen molar-refractivity contribution in [3.05, 3.63) is 44.8 Å². The largest absolute Gasteiger partial charge is 0.344 e. The molecule has 5 heteroatoms. The summed E-state index contributed by atoms with van der Waals surface area (Å²) in [6.45, 7) is 0. The zero-order valence-corrected chi connectivity index (χ0v) is 13.5. The highest BCUT2D eigenvalue weighted by atomic mass is 32.1. The Morgan fingerprint density at radius 1 is 1.24 bits per heavy atom. The van der Waals surface area contributed by atoms with E-state index in [1.807, 2.05) is 12.1 Å². The van der Waals surface area contributed by atoms with E-state index in [0.717, 1.165) is 19.3 Å². The van der Waals surface area contributed by atoms with Crippen molar-refractivity contribution < 1.29 is 4.79 Å². The number of nitrogens with one attached hydrogen (secondary N) is 1. The van der Waals surface area contributed by atoms with Gasteiger partial charge in [-0.25, -0.2) is 0 Å². The Bertz CT molecular complexity index is 531. The van der Waals surface area contributed by atoms with Gasteiger partial charge in [0.1, 0.15) is 0 Å². The highest BCUT2D eigenvalue weighted by Crippen LogP contribution is 2.31. The number of thiophene rings is 2. The van der Waals surface area contributed by atoms with Crippen molar-refractivity contribution in [3.63, 3.8) is 0 Å². The molecule has 0 aliphatic heterocycles. The highest BCUT2D eigenvalue weighted by molar-refractivity contribution is 7.11. The second-order valence-electron chi connectivity index (χ2n) is 5.59. The molecule has 0 aromatic carbocycles. The lowest BCUT2D eigenvalue weighted by atomic mass is 9.99. The van der Waals surface area contributed by atoms with Crippen LogP contribution in [-0.2, 0) is 4.79 Å². The third-order valence-electron chi connectivity index (χ3n) is 4.13. The maximum absolute atomic E-state index is 12.4. The van der Waals surface area contributed by atoms with Crippen LogP contribution >= 0.6 is 22.7 Å². The van der Waals surface area contributed by atoms with E-state index >= 15 is 0 Å². The maximum atomic E-state index is 12.4. The SMILES string of the molecule is N[C@@H]1CCC[C@H]1CC(=O)NC(c1cccs1)c1cccs1. The van der Waals surface area contributed by atoms with Gasteiger partial charge in [0.05, 0.1) is 6.04 Å². The third-order valence-corrected chi connectivity index (χ3v) is 6.00. The van der Waals surface area contributed by atoms with Crippen molar-refractivity contribution in [1.82, 2.24) is 5.32 Å². The van der Waals surface area contributed by atoms with E-state index in [0.29, 0.717) is 12.3 Å². The van der Waals surface area contributed by atoms with Gasteiger partial charge >= 0.3 is 0 Å². The number of nitrogens with two attached hydrogens (primary N) is 1. The van der Waals surface area contributed by atoms with Crippen LogP contribution < -0.4 is 11.1 Å². The molecule has 3 rings (SSSR count). The molecule has 1 fully saturated rings. The van der Waals surface area contributed by atoms with Crippen molar-refractivity contribution in [2.24, 2.45) is 11.7 Å². The Morgan fingerprint density at radius 3 is 2.38 bits per heavy atom. The van der Waals surface area contributed by atoms with Gasteiger partial charge in [-0.15, -0.1) is 22.7 Å². The molecule has 0 saturated heterocycles. The summed E-state index contributed by atoms with van der Waals surface area (Å²) >= 11 is 3.36. The number of carbonyl (C=O) groups is 1. The molecule has 0 unspecified atom stereocenters. The molecular formula is C16H20N2OS2. The molecular weight excluding hydrogens is 300 g/mol. The summed E-state index contributed by atoms with van der Waals surface area (Å²) in [5.74, 6) is 0.460. The lowest BCUT2D eigenvalue weighted by Crippen LogP contribution is -2.33. The van der Waals surface area contributed by atoms with E-state index in [1.165, 1.54) is 9.75 Å². The van der Waals surface area contributed by atoms with Crippen molar-refractivity contribution in [2.45, 2.75) is 37.8 Å². The average molecular weight is 320 g/mol. The molecule has 0 spiro atoms. The van der Waals surface area contributed by atoms with Gasteiger partial charge in [-0.2, -0.15) is 0 Å². The van der Waals surface area contributed by atoms with E-state index < -0.39 is 0 Å². The fraction of sp³-hybridized carbons (Fsp3) is 0.438. The van der Waals surface area contributed by atoms with Crippen molar-refractivity contribution >= 4 is 28.6 Å². The molecule has 1 saturated carbocycles. The quantitative estimate of drug-likeness (QED) is 0.885. The Morgan fingerprint density at radius 2 is 1.90 bits per heavy atom. The Balaban J connectivity index is 1.68. The van der Waals surface area contributed by atoms with Crippen LogP contribution in [0.25, 0.3) is 0 Å². The van der Waals surface area contributed by atoms with E-state index in [1.54, 1.807) is 22.7 Å². The minimum atomic E-state index is -0.0184. The summed E-state index contributed by atoms with van der Waals surface area (Å²) in [6, 6.07) is 8.39. The normalized spacial score (nSPS) is 21.8. The lowest BCUT2D eigenvalue weighted by molar-refractivity contribution is -0.122. The first kappa shape index (κ1) is 14.8. The van der Waals surface area contributed by atoms with Gasteiger partial charge < -0.3 is 11.1 Å². The highest BCUT2D eigenvalue weighted by Gasteiger charge is 2.27. The van der Waals surface area contributed by atoms with Crippen LogP contribution in [0, 0.1) is 5.92 Å². The molecule has 0 bridgehead atoms. The number of hydrogen-bond donors (Lipinski definition) is 2. The molecule has 2 atom stereocenters. The molecule has 1 aliphatic carbocycles. The predicted octanol–water partition coefficient (Wildman–Crippen LogP) is 3.53. The Hall–Kier alpha value is -1.17. The average Bonchev–Trinajstić information content (AvgIpc) is 3.19. The maximum Gasteiger partial charge on any atom is 0.221 e. The van der Waals surface area contributed by atoms with Crippen LogP contribution in [0.1, 0.15) is 41.5 Å². The van der Waals surface area contributed by atoms with Gasteiger partial charge in [-0.1, -0.05) is 18.6 Å². The predicted molar refractivity (Wildman–Crippen MR) is 88.6 cm³/mol. The van der Waals surface area contributed by atoms with E-state index in [4.69, 9.17) is 5.73 Å². The summed E-state index contributed by atoms with van der Waals surface area (Å²) in [5.41, 5.74) is 6.07. The fourth-order valence-electron chi connectivity index (χ4n) is 2.97. The van der Waals surface area contributed by atoms with Crippen LogP contribution in [0.2, 0.25) is 0 Å². The number of carbonyl (C=O) groups excluding carboxylic acids is 1. The van der Waals surface area contributed by atoms with Crippen LogP contribution in [0.5, 0.6) is 0 Å². The first-order valence-corrected chi connectivity index (χ1v) is 9.11. The second-order valence-corrected chi connectivity index (χ2v) is 7.55. The number of rotatable bonds is 5. The minimum Gasteiger partial charge on any atom is -0.344 e. The summed E-state index contributed by atoms with van der Waals surface area (Å²) in [7, 11) is 0. The number of amides is 1. The molecule has 1 amide bonds. The van der Waals surface area contributed by atoms with Gasteiger partial charge in [0.15, 0.2) is 0 Å². The van der Waals surface area contributed by atoms with Crippen molar-refractivity contribution in [1.29, 1.82) is 0 Å². The molecule has 3 nitrogen and oxygen atoms in total. The zero-order chi connectivity index (χ0) is 14.7. The van der Waals surface area contributed by atoms with Gasteiger partial charge in [0.2, 0.25) is 5.91 Å². The standard InChI is InChI=1S/C16H20N2OS2/c17-12-5-1-4-11(12)10-15(19)18-16(13-6-2-8-20-13)14-7-3-9-21-14/h2-3,6-9,11-12,16H,1,4-5,10,17H2,(H,18,19)/t11-,12+/m0/s1. The van der Waals surface area contributed by atoms with Crippen LogP contribution in [0.4, 0.5) is 0 Å². The van der Waals surface area contributed by atoms with Crippen LogP contribution in [0.15, 0.2) is 35.0 Å². The van der Waals surface area contributed by atoms with Crippen LogP contribution in [0.3, 0.4) is 0 Å². The molecule has 21 heavy (non-hydrogen) atoms. The zero-order valence-electron chi connectivity index (χ0n) is 11.8. The summed E-state index contributed by atoms with van der Waals surface area (Å²) in [6.07, 6.45) is 3.83. The van der Waals surface area contributed by atoms with Gasteiger partial charge in [-0.3, -0.25) is 4.79 Å². The van der Waals surface area contributed by atoms with Gasteiger partial charge in [0.25, 0.3) is 0 Å². The number of hydrogen-bond acceptors (Lipinski definition) is 4. The molecule has 2 aromatic heterocycles. The summed E-state index contributed by atoms with van der Waals surface area (Å²) in [5, 5.41) is 7.30. The topological polar surface area (TPSA) is 55.1 Å². The van der Waals surface area contributed by atoms with E-state index in [2.05, 4.69) is 28.2 Å². The van der Waals surface area contributed by atoms with E-state index in [-0.39, 0.29) is 18.0 Å². The molecule has 2 aromatic rings. The van der Waals surface area contributed by atoms with Crippen molar-refractivity contribution in [3.8, 4) is 0 Å². The minimum absolute atomic E-state index is 0.0184. The molecule has 112 valence electrons. The summed E-state index contributed by atoms with van der Waals surface area (Å²) < 4.78 is 0. The first-order valence-electron chi connectivity index (χ1n) is 7.36. The fourth-order valence-corrected chi connectivity index (χ4v) is 4.63. The molecule has 2 heterocycles. The smallest absolute Gasteiger partial charge is 0.221 e. The third kappa shape index (κ3) is 3.54. The Labute approximate surface area is 133 Å². The van der Waals surface area contributed by atoms with Gasteiger partial charge in [0, 0.05) is 22.2 Å². The molecule has 3 N–H and O–H groups in total. The summed E-state index contributed by atoms with van der Waals surface area (Å²) in [4.78, 5) is 14.8. The van der Waals surface area contributed by atoms with Crippen molar-refractivity contribution in [2.75, 3.05) is 0 Å². The molecule has 1 aliphatic rings. The second kappa shape index (κ2) is 6.73. The van der Waals surface area contributed by atoms with E-state index in [9.17, 15) is 4.79 Å². The lowest BCUT2D eigenvalue weighted by Gasteiger charge is -2.19. The monoisotopic (exact) mass is 320 g/mol. The first-order chi connectivity index (χ1) is 10.2. The van der Waals surface area contributed by atoms with Crippen LogP contribution in [-0.4, -0.2) is 11.9 Å².